The number of nitrogens with two attached hydrogens (primary N) is 1. The van der Waals surface area contributed by atoms with Crippen LogP contribution in [-0.2, 0) is 9.53 Å². The maximum Gasteiger partial charge on any atom is 0.331 e. The lowest BCUT2D eigenvalue weighted by atomic mass is 10.5. The smallest absolute Gasteiger partial charge is 0.331 e. The van der Waals surface area contributed by atoms with Crippen molar-refractivity contribution in [1.29, 1.82) is 0 Å². The number of thioether (sulfide) groups is 1. The van der Waals surface area contributed by atoms with Crippen molar-refractivity contribution in [2.75, 3.05) is 18.9 Å². The Morgan fingerprint density at radius 1 is 1.67 bits per heavy atom. The summed E-state index contributed by atoms with van der Waals surface area (Å²) in [7, 11) is 0. The van der Waals surface area contributed by atoms with Crippen LogP contribution in [0.15, 0.2) is 11.5 Å². The maximum absolute atomic E-state index is 10.7. The molecule has 4 heteroatoms. The van der Waals surface area contributed by atoms with Crippen LogP contribution in [0.3, 0.4) is 0 Å². The van der Waals surface area contributed by atoms with Crippen LogP contribution in [-0.4, -0.2) is 24.9 Å². The summed E-state index contributed by atoms with van der Waals surface area (Å²) in [5, 5.41) is 1.74. The lowest BCUT2D eigenvalue weighted by Crippen LogP contribution is -1.99. The monoisotopic (exact) mass is 189 g/mol. The first-order valence-electron chi connectivity index (χ1n) is 3.96. The van der Waals surface area contributed by atoms with Gasteiger partial charge in [-0.15, -0.1) is 11.8 Å². The Labute approximate surface area is 77.3 Å². The normalized spacial score (nSPS) is 10.5. The Morgan fingerprint density at radius 3 is 3.00 bits per heavy atom. The first-order valence-corrected chi connectivity index (χ1v) is 5.01. The third kappa shape index (κ3) is 7.63. The van der Waals surface area contributed by atoms with Crippen LogP contribution in [0.4, 0.5) is 0 Å². The summed E-state index contributed by atoms with van der Waals surface area (Å²) in [6.07, 6.45) is 2.41. The van der Waals surface area contributed by atoms with E-state index in [1.54, 1.807) is 24.1 Å². The van der Waals surface area contributed by atoms with Crippen LogP contribution >= 0.6 is 11.8 Å². The molecule has 3 nitrogen and oxygen atoms in total. The molecule has 0 aromatic carbocycles. The number of carbonyl (C=O) groups excluding carboxylic acids is 1. The molecule has 70 valence electrons. The van der Waals surface area contributed by atoms with Crippen LogP contribution in [0.5, 0.6) is 0 Å². The molecule has 0 fully saturated rings. The zero-order valence-corrected chi connectivity index (χ0v) is 8.10. The molecule has 0 aliphatic rings. The minimum Gasteiger partial charge on any atom is -0.463 e. The van der Waals surface area contributed by atoms with E-state index in [0.717, 1.165) is 12.2 Å². The van der Waals surface area contributed by atoms with Gasteiger partial charge in [0, 0.05) is 6.08 Å². The van der Waals surface area contributed by atoms with Gasteiger partial charge in [-0.25, -0.2) is 4.79 Å². The van der Waals surface area contributed by atoms with Gasteiger partial charge in [-0.05, 0) is 31.1 Å². The minimum atomic E-state index is -0.280. The maximum atomic E-state index is 10.7. The van der Waals surface area contributed by atoms with Crippen LogP contribution < -0.4 is 5.73 Å². The molecule has 0 aliphatic heterocycles. The van der Waals surface area contributed by atoms with Gasteiger partial charge in [0.05, 0.1) is 6.61 Å². The largest absolute Gasteiger partial charge is 0.463 e. The molecule has 0 rings (SSSR count). The molecule has 12 heavy (non-hydrogen) atoms. The number of hydrogen-bond donors (Lipinski definition) is 1. The third-order valence-corrected chi connectivity index (χ3v) is 1.91. The predicted octanol–water partition coefficient (Wildman–Crippen LogP) is 1.15. The second kappa shape index (κ2) is 8.62. The SMILES string of the molecule is CCOC(=O)/C=C\SCCCN. The van der Waals surface area contributed by atoms with Crippen molar-refractivity contribution in [3.8, 4) is 0 Å². The average Bonchev–Trinajstić information content (AvgIpc) is 2.05. The molecule has 0 unspecified atom stereocenters. The van der Waals surface area contributed by atoms with Crippen molar-refractivity contribution in [2.24, 2.45) is 5.73 Å². The van der Waals surface area contributed by atoms with Gasteiger partial charge in [0.15, 0.2) is 0 Å². The Morgan fingerprint density at radius 2 is 2.42 bits per heavy atom. The van der Waals surface area contributed by atoms with E-state index in [1.165, 1.54) is 6.08 Å². The highest BCUT2D eigenvalue weighted by Gasteiger charge is 1.91. The Bertz CT molecular complexity index is 148. The summed E-state index contributed by atoms with van der Waals surface area (Å²) in [5.74, 6) is 0.671. The van der Waals surface area contributed by atoms with Gasteiger partial charge < -0.3 is 10.5 Å². The summed E-state index contributed by atoms with van der Waals surface area (Å²) in [4.78, 5) is 10.7. The Balaban J connectivity index is 3.29. The highest BCUT2D eigenvalue weighted by Crippen LogP contribution is 2.03. The lowest BCUT2D eigenvalue weighted by Gasteiger charge is -1.94. The zero-order chi connectivity index (χ0) is 9.23. The van der Waals surface area contributed by atoms with Gasteiger partial charge in [0.1, 0.15) is 0 Å². The van der Waals surface area contributed by atoms with Gasteiger partial charge in [0.2, 0.25) is 0 Å². The van der Waals surface area contributed by atoms with Crippen LogP contribution in [0.25, 0.3) is 0 Å². The predicted molar refractivity (Wildman–Crippen MR) is 51.9 cm³/mol. The fourth-order valence-electron chi connectivity index (χ4n) is 0.529. The molecule has 0 heterocycles. The van der Waals surface area contributed by atoms with Crippen molar-refractivity contribution in [3.63, 3.8) is 0 Å². The number of ether oxygens (including phenoxy) is 1. The summed E-state index contributed by atoms with van der Waals surface area (Å²) in [5.41, 5.74) is 5.29. The molecular formula is C8H15NO2S. The van der Waals surface area contributed by atoms with Gasteiger partial charge in [0.25, 0.3) is 0 Å². The molecule has 0 spiro atoms. The molecule has 0 amide bonds. The van der Waals surface area contributed by atoms with Crippen molar-refractivity contribution < 1.29 is 9.53 Å². The van der Waals surface area contributed by atoms with E-state index < -0.39 is 0 Å². The van der Waals surface area contributed by atoms with E-state index in [1.807, 2.05) is 0 Å². The van der Waals surface area contributed by atoms with E-state index >= 15 is 0 Å². The highest BCUT2D eigenvalue weighted by molar-refractivity contribution is 8.02. The zero-order valence-electron chi connectivity index (χ0n) is 7.29. The molecule has 2 N–H and O–H groups in total. The van der Waals surface area contributed by atoms with Gasteiger partial charge >= 0.3 is 5.97 Å². The molecule has 0 atom stereocenters. The lowest BCUT2D eigenvalue weighted by molar-refractivity contribution is -0.137. The molecule has 0 radical (unpaired) electrons. The summed E-state index contributed by atoms with van der Waals surface area (Å²) < 4.78 is 4.68. The first-order chi connectivity index (χ1) is 5.81. The molecule has 0 aliphatic carbocycles. The van der Waals surface area contributed by atoms with Crippen molar-refractivity contribution in [3.05, 3.63) is 11.5 Å². The highest BCUT2D eigenvalue weighted by atomic mass is 32.2. The molecule has 0 saturated heterocycles. The number of esters is 1. The molecular weight excluding hydrogens is 174 g/mol. The van der Waals surface area contributed by atoms with Gasteiger partial charge in [-0.1, -0.05) is 0 Å². The summed E-state index contributed by atoms with van der Waals surface area (Å²) >= 11 is 1.57. The van der Waals surface area contributed by atoms with Crippen molar-refractivity contribution in [2.45, 2.75) is 13.3 Å². The molecule has 0 aromatic rings. The molecule has 0 bridgehead atoms. The Hall–Kier alpha value is -0.480. The second-order valence-electron chi connectivity index (χ2n) is 2.07. The minimum absolute atomic E-state index is 0.280. The van der Waals surface area contributed by atoms with E-state index in [9.17, 15) is 4.79 Å². The Kier molecular flexibility index (Phi) is 8.27. The van der Waals surface area contributed by atoms with Crippen molar-refractivity contribution >= 4 is 17.7 Å². The third-order valence-electron chi connectivity index (χ3n) is 1.05. The number of rotatable bonds is 6. The van der Waals surface area contributed by atoms with Crippen LogP contribution in [0.1, 0.15) is 13.3 Å². The summed E-state index contributed by atoms with van der Waals surface area (Å²) in [6.45, 7) is 2.91. The second-order valence-corrected chi connectivity index (χ2v) is 3.08. The van der Waals surface area contributed by atoms with E-state index in [4.69, 9.17) is 5.73 Å². The fourth-order valence-corrected chi connectivity index (χ4v) is 1.21. The molecule has 0 aromatic heterocycles. The first kappa shape index (κ1) is 11.5. The van der Waals surface area contributed by atoms with E-state index in [2.05, 4.69) is 4.74 Å². The average molecular weight is 189 g/mol. The molecule has 0 saturated carbocycles. The standard InChI is InChI=1S/C8H15NO2S/c1-2-11-8(10)4-7-12-6-3-5-9/h4,7H,2-3,5-6,9H2,1H3/b7-4-. The van der Waals surface area contributed by atoms with E-state index in [0.29, 0.717) is 13.2 Å². The van der Waals surface area contributed by atoms with Gasteiger partial charge in [-0.2, -0.15) is 0 Å². The van der Waals surface area contributed by atoms with Gasteiger partial charge in [-0.3, -0.25) is 0 Å². The van der Waals surface area contributed by atoms with E-state index in [-0.39, 0.29) is 5.97 Å². The topological polar surface area (TPSA) is 52.3 Å². The number of carbonyl (C=O) groups is 1. The van der Waals surface area contributed by atoms with Crippen molar-refractivity contribution in [1.82, 2.24) is 0 Å². The summed E-state index contributed by atoms with van der Waals surface area (Å²) in [6, 6.07) is 0. The van der Waals surface area contributed by atoms with Crippen LogP contribution in [0, 0.1) is 0 Å². The quantitative estimate of drug-likeness (QED) is 0.387. The number of hydrogen-bond acceptors (Lipinski definition) is 4. The fraction of sp³-hybridized carbons (Fsp3) is 0.625. The van der Waals surface area contributed by atoms with Crippen LogP contribution in [0.2, 0.25) is 0 Å².